The van der Waals surface area contributed by atoms with Gasteiger partial charge in [-0.1, -0.05) is 25.1 Å². The number of ether oxygens (including phenoxy) is 1. The van der Waals surface area contributed by atoms with Gasteiger partial charge >= 0.3 is 0 Å². The van der Waals surface area contributed by atoms with Gasteiger partial charge in [0.2, 0.25) is 0 Å². The maximum atomic E-state index is 12.8. The Kier molecular flexibility index (Phi) is 5.50. The van der Waals surface area contributed by atoms with Crippen molar-refractivity contribution in [3.05, 3.63) is 58.7 Å². The number of hydrogen-bond donors (Lipinski definition) is 1. The second-order valence-corrected chi connectivity index (χ2v) is 7.08. The van der Waals surface area contributed by atoms with Gasteiger partial charge in [-0.15, -0.1) is 0 Å². The van der Waals surface area contributed by atoms with Gasteiger partial charge in [0.15, 0.2) is 0 Å². The molecule has 1 heterocycles. The van der Waals surface area contributed by atoms with E-state index in [2.05, 4.69) is 32.0 Å². The van der Waals surface area contributed by atoms with Crippen molar-refractivity contribution >= 4 is 5.91 Å². The number of nitrogens with zero attached hydrogens (tertiary/aromatic N) is 1. The van der Waals surface area contributed by atoms with Crippen LogP contribution in [0.2, 0.25) is 0 Å². The molecule has 0 saturated carbocycles. The van der Waals surface area contributed by atoms with Crippen molar-refractivity contribution in [2.75, 3.05) is 13.1 Å². The maximum absolute atomic E-state index is 12.8. The van der Waals surface area contributed by atoms with Crippen molar-refractivity contribution in [1.29, 1.82) is 0 Å². The molecule has 1 amide bonds. The zero-order valence-electron chi connectivity index (χ0n) is 15.8. The highest BCUT2D eigenvalue weighted by Gasteiger charge is 2.26. The Hall–Kier alpha value is -2.49. The molecule has 0 unspecified atom stereocenters. The number of carbonyl (C=O) groups excluding carboxylic acids is 1. The lowest BCUT2D eigenvalue weighted by molar-refractivity contribution is 0.0591. The van der Waals surface area contributed by atoms with E-state index in [1.165, 1.54) is 5.56 Å². The predicted molar refractivity (Wildman–Crippen MR) is 103 cm³/mol. The summed E-state index contributed by atoms with van der Waals surface area (Å²) in [7, 11) is 0. The summed E-state index contributed by atoms with van der Waals surface area (Å²) < 4.78 is 6.17. The average Bonchev–Trinajstić information content (AvgIpc) is 2.65. The summed E-state index contributed by atoms with van der Waals surface area (Å²) in [6.45, 7) is 7.44. The number of aryl methyl sites for hydroxylation is 3. The molecule has 0 radical (unpaired) electrons. The van der Waals surface area contributed by atoms with Crippen LogP contribution in [0.5, 0.6) is 11.5 Å². The highest BCUT2D eigenvalue weighted by atomic mass is 16.5. The first-order valence-electron chi connectivity index (χ1n) is 9.33. The number of rotatable bonds is 4. The first-order chi connectivity index (χ1) is 12.5. The van der Waals surface area contributed by atoms with Crippen LogP contribution in [0.1, 0.15) is 46.8 Å². The van der Waals surface area contributed by atoms with Crippen LogP contribution in [0, 0.1) is 13.8 Å². The molecule has 0 atom stereocenters. The van der Waals surface area contributed by atoms with Gasteiger partial charge in [-0.3, -0.25) is 4.79 Å². The molecule has 0 aromatic heterocycles. The molecule has 1 saturated heterocycles. The molecule has 2 aromatic carbocycles. The van der Waals surface area contributed by atoms with Crippen molar-refractivity contribution in [1.82, 2.24) is 4.90 Å². The fourth-order valence-corrected chi connectivity index (χ4v) is 3.34. The first-order valence-corrected chi connectivity index (χ1v) is 9.33. The lowest BCUT2D eigenvalue weighted by atomic mass is 10.0. The molecular weight excluding hydrogens is 326 g/mol. The summed E-state index contributed by atoms with van der Waals surface area (Å²) in [5, 5.41) is 10.1. The smallest absolute Gasteiger partial charge is 0.257 e. The lowest BCUT2D eigenvalue weighted by Crippen LogP contribution is -2.41. The molecular formula is C22H27NO3. The minimum absolute atomic E-state index is 0.0564. The van der Waals surface area contributed by atoms with E-state index >= 15 is 0 Å². The zero-order valence-corrected chi connectivity index (χ0v) is 15.8. The highest BCUT2D eigenvalue weighted by Crippen LogP contribution is 2.26. The van der Waals surface area contributed by atoms with E-state index in [0.29, 0.717) is 18.7 Å². The van der Waals surface area contributed by atoms with Gasteiger partial charge in [0.1, 0.15) is 17.6 Å². The summed E-state index contributed by atoms with van der Waals surface area (Å²) in [5.74, 6) is 0.895. The normalized spacial score (nSPS) is 15.1. The third kappa shape index (κ3) is 4.01. The number of likely N-dealkylation sites (tertiary alicyclic amines) is 1. The van der Waals surface area contributed by atoms with Crippen LogP contribution in [0.3, 0.4) is 0 Å². The minimum Gasteiger partial charge on any atom is -0.507 e. The topological polar surface area (TPSA) is 49.8 Å². The number of benzene rings is 2. The predicted octanol–water partition coefficient (Wildman–Crippen LogP) is 4.26. The number of piperidine rings is 1. The van der Waals surface area contributed by atoms with Crippen molar-refractivity contribution < 1.29 is 14.6 Å². The Balaban J connectivity index is 1.63. The van der Waals surface area contributed by atoms with Crippen LogP contribution in [-0.4, -0.2) is 35.1 Å². The zero-order chi connectivity index (χ0) is 18.7. The average molecular weight is 353 g/mol. The largest absolute Gasteiger partial charge is 0.507 e. The van der Waals surface area contributed by atoms with Gasteiger partial charge in [0.25, 0.3) is 5.91 Å². The lowest BCUT2D eigenvalue weighted by Gasteiger charge is -2.32. The Bertz CT molecular complexity index is 792. The molecule has 4 nitrogen and oxygen atoms in total. The molecule has 3 rings (SSSR count). The molecule has 138 valence electrons. The van der Waals surface area contributed by atoms with E-state index in [9.17, 15) is 9.90 Å². The summed E-state index contributed by atoms with van der Waals surface area (Å²) in [4.78, 5) is 14.6. The minimum atomic E-state index is -0.0945. The van der Waals surface area contributed by atoms with Gasteiger partial charge in [-0.05, 0) is 55.2 Å². The fourth-order valence-electron chi connectivity index (χ4n) is 3.34. The maximum Gasteiger partial charge on any atom is 0.257 e. The van der Waals surface area contributed by atoms with Crippen LogP contribution in [0.15, 0.2) is 36.4 Å². The number of phenolic OH excluding ortho intramolecular Hbond substituents is 1. The SMILES string of the molecule is CCc1ccc(O)c(C(=O)N2CCC(Oc3cc(C)ccc3C)CC2)c1. The fraction of sp³-hybridized carbons (Fsp3) is 0.409. The number of carbonyl (C=O) groups is 1. The molecule has 1 fully saturated rings. The van der Waals surface area contributed by atoms with E-state index in [1.807, 2.05) is 17.9 Å². The van der Waals surface area contributed by atoms with E-state index < -0.39 is 0 Å². The van der Waals surface area contributed by atoms with Gasteiger partial charge in [-0.2, -0.15) is 0 Å². The monoisotopic (exact) mass is 353 g/mol. The second-order valence-electron chi connectivity index (χ2n) is 7.08. The number of aromatic hydroxyl groups is 1. The summed E-state index contributed by atoms with van der Waals surface area (Å²) in [5.41, 5.74) is 3.78. The van der Waals surface area contributed by atoms with Crippen LogP contribution in [0.4, 0.5) is 0 Å². The Morgan fingerprint density at radius 3 is 2.58 bits per heavy atom. The first kappa shape index (κ1) is 18.3. The summed E-state index contributed by atoms with van der Waals surface area (Å²) in [6.07, 6.45) is 2.56. The van der Waals surface area contributed by atoms with Crippen LogP contribution in [-0.2, 0) is 6.42 Å². The van der Waals surface area contributed by atoms with Gasteiger partial charge in [0, 0.05) is 25.9 Å². The third-order valence-corrected chi connectivity index (χ3v) is 5.07. The van der Waals surface area contributed by atoms with Gasteiger partial charge < -0.3 is 14.7 Å². The molecule has 1 N–H and O–H groups in total. The molecule has 1 aliphatic heterocycles. The van der Waals surface area contributed by atoms with E-state index in [0.717, 1.165) is 36.1 Å². The molecule has 2 aromatic rings. The third-order valence-electron chi connectivity index (χ3n) is 5.07. The summed E-state index contributed by atoms with van der Waals surface area (Å²) in [6, 6.07) is 11.5. The Morgan fingerprint density at radius 2 is 1.88 bits per heavy atom. The molecule has 0 bridgehead atoms. The van der Waals surface area contributed by atoms with Crippen molar-refractivity contribution in [3.63, 3.8) is 0 Å². The van der Waals surface area contributed by atoms with Gasteiger partial charge in [-0.25, -0.2) is 0 Å². The second kappa shape index (κ2) is 7.81. The van der Waals surface area contributed by atoms with Crippen LogP contribution < -0.4 is 4.74 Å². The molecule has 4 heteroatoms. The van der Waals surface area contributed by atoms with Crippen LogP contribution in [0.25, 0.3) is 0 Å². The number of hydrogen-bond acceptors (Lipinski definition) is 3. The van der Waals surface area contributed by atoms with Crippen molar-refractivity contribution in [2.45, 2.75) is 46.1 Å². The Morgan fingerprint density at radius 1 is 1.15 bits per heavy atom. The van der Waals surface area contributed by atoms with Crippen molar-refractivity contribution in [3.8, 4) is 11.5 Å². The number of phenols is 1. The Labute approximate surface area is 155 Å². The molecule has 1 aliphatic rings. The van der Waals surface area contributed by atoms with E-state index in [-0.39, 0.29) is 17.8 Å². The van der Waals surface area contributed by atoms with Crippen molar-refractivity contribution in [2.24, 2.45) is 0 Å². The quantitative estimate of drug-likeness (QED) is 0.894. The van der Waals surface area contributed by atoms with E-state index in [4.69, 9.17) is 4.74 Å². The summed E-state index contributed by atoms with van der Waals surface area (Å²) >= 11 is 0. The van der Waals surface area contributed by atoms with E-state index in [1.54, 1.807) is 12.1 Å². The molecule has 0 spiro atoms. The van der Waals surface area contributed by atoms with Crippen LogP contribution >= 0.6 is 0 Å². The molecule has 0 aliphatic carbocycles. The standard InChI is InChI=1S/C22H27NO3/c1-4-17-7-8-20(24)19(14-17)22(25)23-11-9-18(10-12-23)26-21-13-15(2)5-6-16(21)3/h5-8,13-14,18,24H,4,9-12H2,1-3H3. The number of amides is 1. The molecule has 26 heavy (non-hydrogen) atoms. The highest BCUT2D eigenvalue weighted by molar-refractivity contribution is 5.97. The van der Waals surface area contributed by atoms with Gasteiger partial charge in [0.05, 0.1) is 5.56 Å².